The van der Waals surface area contributed by atoms with Crippen LogP contribution in [-0.4, -0.2) is 16.1 Å². The van der Waals surface area contributed by atoms with Crippen molar-refractivity contribution in [1.82, 2.24) is 4.98 Å². The van der Waals surface area contributed by atoms with E-state index in [1.54, 1.807) is 18.5 Å². The molecule has 0 radical (unpaired) electrons. The van der Waals surface area contributed by atoms with Crippen molar-refractivity contribution in [3.05, 3.63) is 21.7 Å². The third-order valence-corrected chi connectivity index (χ3v) is 2.35. The first-order chi connectivity index (χ1) is 5.61. The fraction of sp³-hybridized carbons (Fsp3) is 0.250. The van der Waals surface area contributed by atoms with Gasteiger partial charge in [0.2, 0.25) is 0 Å². The van der Waals surface area contributed by atoms with Gasteiger partial charge in [-0.15, -0.1) is 11.3 Å². The first kappa shape index (κ1) is 8.93. The lowest BCUT2D eigenvalue weighted by Gasteiger charge is -1.91. The molecule has 4 heteroatoms. The number of carboxylic acids is 1. The van der Waals surface area contributed by atoms with Gasteiger partial charge in [0.05, 0.1) is 16.1 Å². The number of hydrogen-bond acceptors (Lipinski definition) is 3. The van der Waals surface area contributed by atoms with Crippen LogP contribution in [0.2, 0.25) is 0 Å². The summed E-state index contributed by atoms with van der Waals surface area (Å²) < 4.78 is 0. The molecular formula is C8H9NO2S. The fourth-order valence-electron chi connectivity index (χ4n) is 0.708. The van der Waals surface area contributed by atoms with Gasteiger partial charge in [0.15, 0.2) is 0 Å². The number of aryl methyl sites for hydroxylation is 1. The largest absolute Gasteiger partial charge is 0.478 e. The van der Waals surface area contributed by atoms with Crippen LogP contribution in [0.4, 0.5) is 0 Å². The van der Waals surface area contributed by atoms with Crippen LogP contribution in [0.3, 0.4) is 0 Å². The molecule has 3 nitrogen and oxygen atoms in total. The van der Waals surface area contributed by atoms with Gasteiger partial charge in [0.1, 0.15) is 0 Å². The van der Waals surface area contributed by atoms with Crippen LogP contribution in [-0.2, 0) is 4.79 Å². The maximum Gasteiger partial charge on any atom is 0.331 e. The normalized spacial score (nSPS) is 11.7. The molecule has 0 amide bonds. The van der Waals surface area contributed by atoms with Crippen molar-refractivity contribution in [3.63, 3.8) is 0 Å². The smallest absolute Gasteiger partial charge is 0.331 e. The molecule has 0 saturated heterocycles. The SMILES string of the molecule is CC(=Cc1scnc1C)C(=O)O. The number of nitrogens with zero attached hydrogens (tertiary/aromatic N) is 1. The van der Waals surface area contributed by atoms with Crippen molar-refractivity contribution in [2.24, 2.45) is 0 Å². The minimum absolute atomic E-state index is 0.336. The molecule has 0 aliphatic carbocycles. The topological polar surface area (TPSA) is 50.2 Å². The fourth-order valence-corrected chi connectivity index (χ4v) is 1.50. The summed E-state index contributed by atoms with van der Waals surface area (Å²) in [6, 6.07) is 0. The number of hydrogen-bond donors (Lipinski definition) is 1. The van der Waals surface area contributed by atoms with Crippen LogP contribution in [0.15, 0.2) is 11.1 Å². The standard InChI is InChI=1S/C8H9NO2S/c1-5(8(10)11)3-7-6(2)9-4-12-7/h3-4H,1-2H3,(H,10,11). The highest BCUT2D eigenvalue weighted by molar-refractivity contribution is 7.10. The van der Waals surface area contributed by atoms with E-state index in [1.165, 1.54) is 11.3 Å². The zero-order chi connectivity index (χ0) is 9.14. The maximum atomic E-state index is 10.5. The summed E-state index contributed by atoms with van der Waals surface area (Å²) >= 11 is 1.44. The van der Waals surface area contributed by atoms with Crippen molar-refractivity contribution in [2.75, 3.05) is 0 Å². The molecule has 1 aromatic rings. The van der Waals surface area contributed by atoms with Gasteiger partial charge in [-0.05, 0) is 19.9 Å². The highest BCUT2D eigenvalue weighted by Crippen LogP contribution is 2.15. The number of carbonyl (C=O) groups is 1. The first-order valence-corrected chi connectivity index (χ1v) is 4.31. The predicted molar refractivity (Wildman–Crippen MR) is 48.1 cm³/mol. The number of thiazole rings is 1. The van der Waals surface area contributed by atoms with Crippen LogP contribution in [0.1, 0.15) is 17.5 Å². The molecule has 1 heterocycles. The molecule has 0 fully saturated rings. The van der Waals surface area contributed by atoms with Crippen LogP contribution < -0.4 is 0 Å². The molecule has 0 aromatic carbocycles. The van der Waals surface area contributed by atoms with Gasteiger partial charge in [-0.1, -0.05) is 0 Å². The van der Waals surface area contributed by atoms with Crippen LogP contribution in [0.25, 0.3) is 6.08 Å². The Labute approximate surface area is 74.4 Å². The minimum atomic E-state index is -0.886. The predicted octanol–water partition coefficient (Wildman–Crippen LogP) is 1.94. The minimum Gasteiger partial charge on any atom is -0.478 e. The van der Waals surface area contributed by atoms with Crippen molar-refractivity contribution in [3.8, 4) is 0 Å². The molecule has 0 bridgehead atoms. The molecule has 1 aromatic heterocycles. The lowest BCUT2D eigenvalue weighted by Crippen LogP contribution is -1.95. The number of rotatable bonds is 2. The lowest BCUT2D eigenvalue weighted by molar-refractivity contribution is -0.132. The second kappa shape index (κ2) is 3.49. The molecule has 1 rings (SSSR count). The van der Waals surface area contributed by atoms with Gasteiger partial charge in [-0.3, -0.25) is 0 Å². The Morgan fingerprint density at radius 2 is 2.42 bits per heavy atom. The lowest BCUT2D eigenvalue weighted by atomic mass is 10.2. The highest BCUT2D eigenvalue weighted by atomic mass is 32.1. The van der Waals surface area contributed by atoms with E-state index in [9.17, 15) is 4.79 Å². The van der Waals surface area contributed by atoms with Gasteiger partial charge in [0.25, 0.3) is 0 Å². The molecule has 0 aliphatic heterocycles. The molecule has 0 aliphatic rings. The Morgan fingerprint density at radius 1 is 1.75 bits per heavy atom. The summed E-state index contributed by atoms with van der Waals surface area (Å²) in [6.45, 7) is 3.43. The second-order valence-electron chi connectivity index (χ2n) is 2.43. The molecule has 1 N–H and O–H groups in total. The van der Waals surface area contributed by atoms with Crippen molar-refractivity contribution < 1.29 is 9.90 Å². The Hall–Kier alpha value is -1.16. The van der Waals surface area contributed by atoms with Crippen molar-refractivity contribution in [2.45, 2.75) is 13.8 Å². The van der Waals surface area contributed by atoms with Crippen LogP contribution >= 0.6 is 11.3 Å². The van der Waals surface area contributed by atoms with E-state index in [0.717, 1.165) is 10.6 Å². The first-order valence-electron chi connectivity index (χ1n) is 3.43. The zero-order valence-corrected chi connectivity index (χ0v) is 7.68. The van der Waals surface area contributed by atoms with Crippen molar-refractivity contribution in [1.29, 1.82) is 0 Å². The van der Waals surface area contributed by atoms with Gasteiger partial charge in [-0.25, -0.2) is 9.78 Å². The quantitative estimate of drug-likeness (QED) is 0.713. The molecule has 0 atom stereocenters. The van der Waals surface area contributed by atoms with Gasteiger partial charge >= 0.3 is 5.97 Å². The zero-order valence-electron chi connectivity index (χ0n) is 6.87. The molecule has 12 heavy (non-hydrogen) atoms. The second-order valence-corrected chi connectivity index (χ2v) is 3.32. The average molecular weight is 183 g/mol. The van der Waals surface area contributed by atoms with Crippen LogP contribution in [0.5, 0.6) is 0 Å². The Kier molecular flexibility index (Phi) is 2.60. The summed E-state index contributed by atoms with van der Waals surface area (Å²) in [6.07, 6.45) is 1.63. The van der Waals surface area contributed by atoms with Gasteiger partial charge in [0, 0.05) is 5.57 Å². The van der Waals surface area contributed by atoms with Gasteiger partial charge in [-0.2, -0.15) is 0 Å². The summed E-state index contributed by atoms with van der Waals surface area (Å²) in [7, 11) is 0. The average Bonchev–Trinajstić information content (AvgIpc) is 2.36. The molecule has 64 valence electrons. The number of aliphatic carboxylic acids is 1. The van der Waals surface area contributed by atoms with E-state index in [0.29, 0.717) is 5.57 Å². The van der Waals surface area contributed by atoms with Crippen LogP contribution in [0, 0.1) is 6.92 Å². The van der Waals surface area contributed by atoms with E-state index in [2.05, 4.69) is 4.98 Å². The van der Waals surface area contributed by atoms with E-state index >= 15 is 0 Å². The van der Waals surface area contributed by atoms with E-state index in [4.69, 9.17) is 5.11 Å². The Balaban J connectivity index is 2.95. The summed E-state index contributed by atoms with van der Waals surface area (Å²) in [4.78, 5) is 15.4. The van der Waals surface area contributed by atoms with E-state index < -0.39 is 5.97 Å². The summed E-state index contributed by atoms with van der Waals surface area (Å²) in [5.41, 5.74) is 2.92. The molecule has 0 spiro atoms. The maximum absolute atomic E-state index is 10.5. The molecular weight excluding hydrogens is 174 g/mol. The van der Waals surface area contributed by atoms with E-state index in [1.807, 2.05) is 6.92 Å². The third kappa shape index (κ3) is 1.92. The molecule has 0 unspecified atom stereocenters. The van der Waals surface area contributed by atoms with Gasteiger partial charge < -0.3 is 5.11 Å². The summed E-state index contributed by atoms with van der Waals surface area (Å²) in [5.74, 6) is -0.886. The van der Waals surface area contributed by atoms with E-state index in [-0.39, 0.29) is 0 Å². The highest BCUT2D eigenvalue weighted by Gasteiger charge is 2.02. The Bertz CT molecular complexity index is 328. The Morgan fingerprint density at radius 3 is 2.83 bits per heavy atom. The number of aromatic nitrogens is 1. The van der Waals surface area contributed by atoms with Crippen molar-refractivity contribution >= 4 is 23.4 Å². The molecule has 0 saturated carbocycles. The third-order valence-electron chi connectivity index (χ3n) is 1.47. The monoisotopic (exact) mass is 183 g/mol. The summed E-state index contributed by atoms with van der Waals surface area (Å²) in [5, 5.41) is 8.59. The number of carboxylic acid groups (broad SMARTS) is 1.